The van der Waals surface area contributed by atoms with Gasteiger partial charge in [-0.3, -0.25) is 14.3 Å². The van der Waals surface area contributed by atoms with Crippen LogP contribution < -0.4 is 9.62 Å². The lowest BCUT2D eigenvalue weighted by Crippen LogP contribution is -2.25. The van der Waals surface area contributed by atoms with E-state index in [1.165, 1.54) is 19.9 Å². The van der Waals surface area contributed by atoms with Crippen molar-refractivity contribution in [2.45, 2.75) is 25.2 Å². The molecule has 7 heteroatoms. The van der Waals surface area contributed by atoms with Gasteiger partial charge in [-0.05, 0) is 61.4 Å². The molecule has 3 rings (SSSR count). The maximum absolute atomic E-state index is 12.6. The Labute approximate surface area is 146 Å². The van der Waals surface area contributed by atoms with Crippen LogP contribution in [0.1, 0.15) is 29.8 Å². The fraction of sp³-hybridized carbons (Fsp3) is 0.222. The van der Waals surface area contributed by atoms with E-state index in [1.807, 2.05) is 0 Å². The third-order valence-corrected chi connectivity index (χ3v) is 5.56. The van der Waals surface area contributed by atoms with Gasteiger partial charge in [0.25, 0.3) is 10.0 Å². The predicted molar refractivity (Wildman–Crippen MR) is 95.4 cm³/mol. The van der Waals surface area contributed by atoms with Gasteiger partial charge in [0.15, 0.2) is 5.78 Å². The van der Waals surface area contributed by atoms with E-state index < -0.39 is 10.0 Å². The molecule has 0 aliphatic carbocycles. The van der Waals surface area contributed by atoms with Crippen molar-refractivity contribution >= 4 is 33.1 Å². The average molecular weight is 358 g/mol. The number of amides is 1. The Bertz CT molecular complexity index is 950. The number of benzene rings is 2. The van der Waals surface area contributed by atoms with Gasteiger partial charge in [0, 0.05) is 30.4 Å². The van der Waals surface area contributed by atoms with Gasteiger partial charge in [0.05, 0.1) is 4.90 Å². The van der Waals surface area contributed by atoms with Crippen molar-refractivity contribution in [3.63, 3.8) is 0 Å². The van der Waals surface area contributed by atoms with E-state index in [1.54, 1.807) is 41.3 Å². The first-order valence-electron chi connectivity index (χ1n) is 7.83. The third-order valence-electron chi connectivity index (χ3n) is 4.18. The molecule has 2 aromatic rings. The quantitative estimate of drug-likeness (QED) is 0.852. The van der Waals surface area contributed by atoms with Crippen molar-refractivity contribution in [3.8, 4) is 0 Å². The highest BCUT2D eigenvalue weighted by atomic mass is 32.2. The van der Waals surface area contributed by atoms with Gasteiger partial charge in [-0.2, -0.15) is 0 Å². The van der Waals surface area contributed by atoms with Crippen molar-refractivity contribution in [1.82, 2.24) is 0 Å². The first-order valence-corrected chi connectivity index (χ1v) is 9.31. The minimum absolute atomic E-state index is 0.0574. The van der Waals surface area contributed by atoms with Gasteiger partial charge in [-0.15, -0.1) is 0 Å². The molecule has 1 aliphatic heterocycles. The molecule has 0 fully saturated rings. The number of hydrogen-bond donors (Lipinski definition) is 1. The minimum Gasteiger partial charge on any atom is -0.312 e. The summed E-state index contributed by atoms with van der Waals surface area (Å²) in [5.74, 6) is -0.138. The van der Waals surface area contributed by atoms with Crippen LogP contribution in [0.3, 0.4) is 0 Å². The van der Waals surface area contributed by atoms with Crippen LogP contribution >= 0.6 is 0 Å². The number of nitrogens with one attached hydrogen (secondary N) is 1. The van der Waals surface area contributed by atoms with Gasteiger partial charge in [0.1, 0.15) is 0 Å². The van der Waals surface area contributed by atoms with Crippen LogP contribution in [-0.2, 0) is 21.2 Å². The molecule has 25 heavy (non-hydrogen) atoms. The van der Waals surface area contributed by atoms with Crippen molar-refractivity contribution in [1.29, 1.82) is 0 Å². The zero-order valence-electron chi connectivity index (χ0n) is 13.9. The topological polar surface area (TPSA) is 83.6 Å². The van der Waals surface area contributed by atoms with Gasteiger partial charge in [-0.25, -0.2) is 8.42 Å². The lowest BCUT2D eigenvalue weighted by Gasteiger charge is -2.15. The molecule has 0 aromatic heterocycles. The summed E-state index contributed by atoms with van der Waals surface area (Å²) >= 11 is 0. The van der Waals surface area contributed by atoms with Crippen molar-refractivity contribution in [2.75, 3.05) is 16.2 Å². The maximum atomic E-state index is 12.6. The predicted octanol–water partition coefficient (Wildman–Crippen LogP) is 2.60. The number of rotatable bonds is 4. The normalized spacial score (nSPS) is 13.4. The molecule has 130 valence electrons. The number of nitrogens with zero attached hydrogens (tertiary/aromatic N) is 1. The monoisotopic (exact) mass is 358 g/mol. The van der Waals surface area contributed by atoms with Crippen LogP contribution in [0.25, 0.3) is 0 Å². The van der Waals surface area contributed by atoms with Crippen LogP contribution in [0.4, 0.5) is 11.4 Å². The summed E-state index contributed by atoms with van der Waals surface area (Å²) in [7, 11) is -3.74. The summed E-state index contributed by atoms with van der Waals surface area (Å²) in [6.45, 7) is 3.51. The molecule has 0 unspecified atom stereocenters. The van der Waals surface area contributed by atoms with Crippen molar-refractivity contribution in [3.05, 3.63) is 53.6 Å². The summed E-state index contributed by atoms with van der Waals surface area (Å²) < 4.78 is 27.7. The molecule has 0 radical (unpaired) electrons. The number of sulfonamides is 1. The van der Waals surface area contributed by atoms with E-state index in [2.05, 4.69) is 4.72 Å². The Balaban J connectivity index is 1.86. The second-order valence-electron chi connectivity index (χ2n) is 5.95. The van der Waals surface area contributed by atoms with Gasteiger partial charge >= 0.3 is 0 Å². The number of carbonyl (C=O) groups is 2. The number of fused-ring (bicyclic) bond motifs is 1. The van der Waals surface area contributed by atoms with Crippen LogP contribution in [0.5, 0.6) is 0 Å². The number of anilines is 2. The SMILES string of the molecule is CC(=O)c1ccc(NS(=O)(=O)c2ccc3c(c2)CCN3C(C)=O)cc1. The van der Waals surface area contributed by atoms with Crippen LogP contribution in [-0.4, -0.2) is 26.7 Å². The molecule has 6 nitrogen and oxygen atoms in total. The molecule has 1 N–H and O–H groups in total. The van der Waals surface area contributed by atoms with E-state index >= 15 is 0 Å². The summed E-state index contributed by atoms with van der Waals surface area (Å²) in [6, 6.07) is 11.0. The van der Waals surface area contributed by atoms with Gasteiger partial charge in [0.2, 0.25) is 5.91 Å². The zero-order chi connectivity index (χ0) is 18.2. The summed E-state index contributed by atoms with van der Waals surface area (Å²) in [5, 5.41) is 0. The van der Waals surface area contributed by atoms with Crippen molar-refractivity contribution < 1.29 is 18.0 Å². The summed E-state index contributed by atoms with van der Waals surface area (Å²) in [4.78, 5) is 24.6. The fourth-order valence-corrected chi connectivity index (χ4v) is 3.97. The lowest BCUT2D eigenvalue weighted by atomic mass is 10.1. The van der Waals surface area contributed by atoms with Crippen LogP contribution in [0, 0.1) is 0 Å². The number of Topliss-reactive ketones (excluding diaryl/α,β-unsaturated/α-hetero) is 1. The molecule has 2 aromatic carbocycles. The number of ketones is 1. The fourth-order valence-electron chi connectivity index (χ4n) is 2.86. The molecule has 0 bridgehead atoms. The third kappa shape index (κ3) is 3.41. The molecule has 0 atom stereocenters. The van der Waals surface area contributed by atoms with E-state index in [4.69, 9.17) is 0 Å². The molecule has 0 saturated heterocycles. The molecule has 1 heterocycles. The largest absolute Gasteiger partial charge is 0.312 e. The Morgan fingerprint density at radius 2 is 1.72 bits per heavy atom. The van der Waals surface area contributed by atoms with E-state index in [0.29, 0.717) is 24.2 Å². The zero-order valence-corrected chi connectivity index (χ0v) is 14.8. The highest BCUT2D eigenvalue weighted by Crippen LogP contribution is 2.30. The van der Waals surface area contributed by atoms with Gasteiger partial charge < -0.3 is 4.90 Å². The Morgan fingerprint density at radius 3 is 2.32 bits per heavy atom. The first kappa shape index (κ1) is 17.2. The highest BCUT2D eigenvalue weighted by Gasteiger charge is 2.24. The molecule has 0 saturated carbocycles. The second kappa shape index (κ2) is 6.33. The van der Waals surface area contributed by atoms with Crippen molar-refractivity contribution in [2.24, 2.45) is 0 Å². The average Bonchev–Trinajstić information content (AvgIpc) is 2.98. The van der Waals surface area contributed by atoms with E-state index in [9.17, 15) is 18.0 Å². The Kier molecular flexibility index (Phi) is 4.34. The summed E-state index contributed by atoms with van der Waals surface area (Å²) in [5.41, 5.74) is 2.50. The molecule has 0 spiro atoms. The summed E-state index contributed by atoms with van der Waals surface area (Å²) in [6.07, 6.45) is 0.631. The second-order valence-corrected chi connectivity index (χ2v) is 7.63. The van der Waals surface area contributed by atoms with Crippen LogP contribution in [0.2, 0.25) is 0 Å². The maximum Gasteiger partial charge on any atom is 0.261 e. The van der Waals surface area contributed by atoms with E-state index in [0.717, 1.165) is 11.3 Å². The highest BCUT2D eigenvalue weighted by molar-refractivity contribution is 7.92. The molecular formula is C18H18N2O4S. The number of hydrogen-bond acceptors (Lipinski definition) is 4. The molecular weight excluding hydrogens is 340 g/mol. The smallest absolute Gasteiger partial charge is 0.261 e. The standard InChI is InChI=1S/C18H18N2O4S/c1-12(21)14-3-5-16(6-4-14)19-25(23,24)17-7-8-18-15(11-17)9-10-20(18)13(2)22/h3-8,11,19H,9-10H2,1-2H3. The van der Waals surface area contributed by atoms with Gasteiger partial charge in [-0.1, -0.05) is 0 Å². The molecule has 1 aliphatic rings. The first-order chi connectivity index (χ1) is 11.8. The van der Waals surface area contributed by atoms with Crippen LogP contribution in [0.15, 0.2) is 47.4 Å². The Hall–Kier alpha value is -2.67. The minimum atomic E-state index is -3.74. The Morgan fingerprint density at radius 1 is 1.04 bits per heavy atom. The molecule has 1 amide bonds. The van der Waals surface area contributed by atoms with E-state index in [-0.39, 0.29) is 16.6 Å². The lowest BCUT2D eigenvalue weighted by molar-refractivity contribution is -0.116. The number of carbonyl (C=O) groups excluding carboxylic acids is 2.